The second kappa shape index (κ2) is 7.82. The van der Waals surface area contributed by atoms with E-state index in [-0.39, 0.29) is 17.7 Å². The fourth-order valence-corrected chi connectivity index (χ4v) is 4.70. The molecule has 0 bridgehead atoms. The molecule has 0 aromatic heterocycles. The minimum absolute atomic E-state index is 0.147. The van der Waals surface area contributed by atoms with E-state index in [1.54, 1.807) is 6.07 Å². The fourth-order valence-electron chi connectivity index (χ4n) is 4.40. The topological polar surface area (TPSA) is 41.1 Å². The molecular weight excluding hydrogens is 415 g/mol. The quantitative estimate of drug-likeness (QED) is 0.457. The monoisotopic (exact) mass is 434 g/mol. The molecule has 3 aromatic carbocycles. The van der Waals surface area contributed by atoms with Crippen LogP contribution in [0, 0.1) is 0 Å². The summed E-state index contributed by atoms with van der Waals surface area (Å²) in [7, 11) is 0. The van der Waals surface area contributed by atoms with Crippen LogP contribution in [0.25, 0.3) is 0 Å². The van der Waals surface area contributed by atoms with Crippen LogP contribution in [0.4, 0.5) is 11.4 Å². The van der Waals surface area contributed by atoms with Gasteiger partial charge in [-0.3, -0.25) is 4.79 Å². The third kappa shape index (κ3) is 3.49. The molecule has 3 nitrogen and oxygen atoms in total. The number of allylic oxidation sites excluding steroid dienone is 1. The van der Waals surface area contributed by atoms with Crippen molar-refractivity contribution in [2.45, 2.75) is 24.8 Å². The number of Topliss-reactive ketones (excluding diaryl/α,β-unsaturated/α-hetero) is 1. The van der Waals surface area contributed by atoms with E-state index in [9.17, 15) is 4.79 Å². The van der Waals surface area contributed by atoms with Crippen LogP contribution in [-0.2, 0) is 4.79 Å². The minimum atomic E-state index is -0.296. The Kier molecular flexibility index (Phi) is 5.01. The van der Waals surface area contributed by atoms with Gasteiger partial charge in [0, 0.05) is 17.7 Å². The van der Waals surface area contributed by atoms with Gasteiger partial charge in [-0.25, -0.2) is 0 Å². The first-order valence-electron chi connectivity index (χ1n) is 9.99. The minimum Gasteiger partial charge on any atom is -0.372 e. The van der Waals surface area contributed by atoms with Crippen molar-refractivity contribution in [3.8, 4) is 0 Å². The lowest BCUT2D eigenvalue weighted by molar-refractivity contribution is -0.116. The van der Waals surface area contributed by atoms with Crippen LogP contribution in [-0.4, -0.2) is 5.78 Å². The first-order valence-corrected chi connectivity index (χ1v) is 10.7. The van der Waals surface area contributed by atoms with E-state index in [1.165, 1.54) is 5.56 Å². The number of fused-ring (bicyclic) bond motifs is 1. The zero-order valence-electron chi connectivity index (χ0n) is 16.2. The molecule has 0 saturated carbocycles. The molecule has 2 aliphatic rings. The number of carbonyl (C=O) groups excluding carboxylic acids is 1. The summed E-state index contributed by atoms with van der Waals surface area (Å²) in [5, 5.41) is 8.10. The lowest BCUT2D eigenvalue weighted by Crippen LogP contribution is -2.26. The summed E-state index contributed by atoms with van der Waals surface area (Å²) in [6.45, 7) is 0. The second-order valence-electron chi connectivity index (χ2n) is 7.75. The van der Waals surface area contributed by atoms with E-state index in [4.69, 9.17) is 23.2 Å². The van der Waals surface area contributed by atoms with E-state index >= 15 is 0 Å². The van der Waals surface area contributed by atoms with Crippen molar-refractivity contribution in [3.05, 3.63) is 105 Å². The number of ketones is 1. The van der Waals surface area contributed by atoms with Crippen molar-refractivity contribution in [3.63, 3.8) is 0 Å². The van der Waals surface area contributed by atoms with Gasteiger partial charge in [-0.1, -0.05) is 71.7 Å². The van der Waals surface area contributed by atoms with E-state index in [1.807, 2.05) is 54.6 Å². The van der Waals surface area contributed by atoms with Gasteiger partial charge in [0.15, 0.2) is 5.78 Å². The van der Waals surface area contributed by atoms with Gasteiger partial charge < -0.3 is 10.6 Å². The fraction of sp³-hybridized carbons (Fsp3) is 0.160. The lowest BCUT2D eigenvalue weighted by Gasteiger charge is -2.30. The van der Waals surface area contributed by atoms with Crippen molar-refractivity contribution < 1.29 is 4.79 Å². The van der Waals surface area contributed by atoms with Crippen molar-refractivity contribution >= 4 is 40.4 Å². The maximum absolute atomic E-state index is 13.5. The SMILES string of the molecule is O=C1C[C@H](c2ccccc2)CC2=C1[C@@H](c1ccc(Cl)c(Cl)c1)Nc1ccccc1N2. The normalized spacial score (nSPS) is 20.5. The van der Waals surface area contributed by atoms with Crippen LogP contribution in [0.2, 0.25) is 10.0 Å². The highest BCUT2D eigenvalue weighted by Crippen LogP contribution is 2.44. The van der Waals surface area contributed by atoms with E-state index in [0.29, 0.717) is 16.5 Å². The van der Waals surface area contributed by atoms with Crippen LogP contribution in [0.5, 0.6) is 0 Å². The van der Waals surface area contributed by atoms with Gasteiger partial charge in [-0.05, 0) is 47.7 Å². The summed E-state index contributed by atoms with van der Waals surface area (Å²) in [6, 6.07) is 23.5. The Bertz CT molecular complexity index is 1160. The molecular formula is C25H20Cl2N2O. The number of anilines is 2. The predicted octanol–water partition coefficient (Wildman–Crippen LogP) is 6.97. The highest BCUT2D eigenvalue weighted by atomic mass is 35.5. The Morgan fingerprint density at radius 3 is 2.27 bits per heavy atom. The van der Waals surface area contributed by atoms with Gasteiger partial charge in [0.05, 0.1) is 27.5 Å². The van der Waals surface area contributed by atoms with Crippen molar-refractivity contribution in [1.29, 1.82) is 0 Å². The van der Waals surface area contributed by atoms with Crippen LogP contribution in [0.3, 0.4) is 0 Å². The molecule has 3 aromatic rings. The highest BCUT2D eigenvalue weighted by molar-refractivity contribution is 6.42. The van der Waals surface area contributed by atoms with E-state index in [0.717, 1.165) is 34.6 Å². The molecule has 30 heavy (non-hydrogen) atoms. The maximum atomic E-state index is 13.5. The lowest BCUT2D eigenvalue weighted by atomic mass is 9.78. The third-order valence-corrected chi connectivity index (χ3v) is 6.60. The number of hydrogen-bond donors (Lipinski definition) is 2. The highest BCUT2D eigenvalue weighted by Gasteiger charge is 2.36. The molecule has 150 valence electrons. The summed E-state index contributed by atoms with van der Waals surface area (Å²) in [5.74, 6) is 0.304. The van der Waals surface area contributed by atoms with Gasteiger partial charge in [-0.15, -0.1) is 0 Å². The Balaban J connectivity index is 1.63. The summed E-state index contributed by atoms with van der Waals surface area (Å²) in [4.78, 5) is 13.5. The maximum Gasteiger partial charge on any atom is 0.163 e. The number of para-hydroxylation sites is 2. The van der Waals surface area contributed by atoms with Crippen molar-refractivity contribution in [1.82, 2.24) is 0 Å². The predicted molar refractivity (Wildman–Crippen MR) is 123 cm³/mol. The van der Waals surface area contributed by atoms with Gasteiger partial charge >= 0.3 is 0 Å². The number of hydrogen-bond acceptors (Lipinski definition) is 3. The molecule has 1 aliphatic carbocycles. The van der Waals surface area contributed by atoms with Crippen molar-refractivity contribution in [2.75, 3.05) is 10.6 Å². The first-order chi connectivity index (χ1) is 14.6. The molecule has 0 unspecified atom stereocenters. The van der Waals surface area contributed by atoms with Gasteiger partial charge in [0.2, 0.25) is 0 Å². The number of carbonyl (C=O) groups is 1. The molecule has 0 spiro atoms. The zero-order valence-corrected chi connectivity index (χ0v) is 17.7. The number of nitrogens with one attached hydrogen (secondary N) is 2. The standard InChI is InChI=1S/C25H20Cl2N2O/c26-18-11-10-16(12-19(18)27)25-24-22(28-20-8-4-5-9-21(20)29-25)13-17(14-23(24)30)15-6-2-1-3-7-15/h1-12,17,25,28-29H,13-14H2/t17-,25-/m1/s1. The van der Waals surface area contributed by atoms with Crippen molar-refractivity contribution in [2.24, 2.45) is 0 Å². The molecule has 1 heterocycles. The second-order valence-corrected chi connectivity index (χ2v) is 8.57. The molecule has 2 atom stereocenters. The molecule has 5 rings (SSSR count). The smallest absolute Gasteiger partial charge is 0.163 e. The molecule has 2 N–H and O–H groups in total. The molecule has 1 aliphatic heterocycles. The Labute approximate surface area is 185 Å². The van der Waals surface area contributed by atoms with Gasteiger partial charge in [-0.2, -0.15) is 0 Å². The Hall–Kier alpha value is -2.75. The average Bonchev–Trinajstić information content (AvgIpc) is 2.93. The third-order valence-electron chi connectivity index (χ3n) is 5.86. The average molecular weight is 435 g/mol. The molecule has 0 radical (unpaired) electrons. The van der Waals surface area contributed by atoms with Crippen LogP contribution >= 0.6 is 23.2 Å². The van der Waals surface area contributed by atoms with Crippen LogP contribution in [0.1, 0.15) is 35.9 Å². The molecule has 0 saturated heterocycles. The Morgan fingerprint density at radius 1 is 0.767 bits per heavy atom. The van der Waals surface area contributed by atoms with Gasteiger partial charge in [0.1, 0.15) is 0 Å². The summed E-state index contributed by atoms with van der Waals surface area (Å²) in [6.07, 6.45) is 1.26. The van der Waals surface area contributed by atoms with Crippen LogP contribution in [0.15, 0.2) is 84.1 Å². The molecule has 5 heteroatoms. The number of halogens is 2. The van der Waals surface area contributed by atoms with Crippen LogP contribution < -0.4 is 10.6 Å². The number of rotatable bonds is 2. The first kappa shape index (κ1) is 19.2. The summed E-state index contributed by atoms with van der Waals surface area (Å²) in [5.41, 5.74) is 5.77. The Morgan fingerprint density at radius 2 is 1.50 bits per heavy atom. The largest absolute Gasteiger partial charge is 0.372 e. The summed E-state index contributed by atoms with van der Waals surface area (Å²) >= 11 is 12.5. The molecule has 0 amide bonds. The van der Waals surface area contributed by atoms with E-state index in [2.05, 4.69) is 22.8 Å². The number of benzene rings is 3. The summed E-state index contributed by atoms with van der Waals surface area (Å²) < 4.78 is 0. The van der Waals surface area contributed by atoms with E-state index < -0.39 is 0 Å². The van der Waals surface area contributed by atoms with Gasteiger partial charge in [0.25, 0.3) is 0 Å². The zero-order chi connectivity index (χ0) is 20.7. The molecule has 0 fully saturated rings.